The fourth-order valence-corrected chi connectivity index (χ4v) is 1.52. The summed E-state index contributed by atoms with van der Waals surface area (Å²) in [6.07, 6.45) is 0.277. The number of carbonyl (C=O) groups is 1. The van der Waals surface area contributed by atoms with Gasteiger partial charge in [0.25, 0.3) is 0 Å². The van der Waals surface area contributed by atoms with Gasteiger partial charge in [-0.2, -0.15) is 0 Å². The number of hydrogen-bond acceptors (Lipinski definition) is 3. The number of carboxylic acids is 1. The van der Waals surface area contributed by atoms with E-state index in [1.165, 1.54) is 0 Å². The van der Waals surface area contributed by atoms with E-state index < -0.39 is 12.0 Å². The van der Waals surface area contributed by atoms with Crippen LogP contribution in [0.2, 0.25) is 0 Å². The van der Waals surface area contributed by atoms with Gasteiger partial charge in [0, 0.05) is 6.42 Å². The summed E-state index contributed by atoms with van der Waals surface area (Å²) in [7, 11) is 1.57. The average Bonchev–Trinajstić information content (AvgIpc) is 2.22. The van der Waals surface area contributed by atoms with E-state index in [0.717, 1.165) is 16.7 Å². The zero-order valence-electron chi connectivity index (χ0n) is 9.78. The summed E-state index contributed by atoms with van der Waals surface area (Å²) in [6, 6.07) is 2.94. The molecule has 4 heteroatoms. The minimum Gasteiger partial charge on any atom is -0.496 e. The predicted molar refractivity (Wildman–Crippen MR) is 61.8 cm³/mol. The first-order chi connectivity index (χ1) is 7.45. The Hall–Kier alpha value is -1.55. The second kappa shape index (κ2) is 4.99. The third-order valence-electron chi connectivity index (χ3n) is 2.65. The van der Waals surface area contributed by atoms with E-state index in [4.69, 9.17) is 15.6 Å². The number of methoxy groups -OCH3 is 1. The quantitative estimate of drug-likeness (QED) is 0.806. The lowest BCUT2D eigenvalue weighted by molar-refractivity contribution is -0.138. The number of ether oxygens (including phenoxy) is 1. The van der Waals surface area contributed by atoms with Gasteiger partial charge in [0.05, 0.1) is 7.11 Å². The van der Waals surface area contributed by atoms with E-state index in [1.807, 2.05) is 26.0 Å². The third kappa shape index (κ3) is 2.73. The number of aliphatic carboxylic acids is 1. The Morgan fingerprint density at radius 2 is 2.00 bits per heavy atom. The maximum absolute atomic E-state index is 10.7. The number of hydrogen-bond donors (Lipinski definition) is 2. The van der Waals surface area contributed by atoms with Crippen LogP contribution in [0.5, 0.6) is 5.75 Å². The van der Waals surface area contributed by atoms with Crippen LogP contribution in [0.25, 0.3) is 0 Å². The van der Waals surface area contributed by atoms with Crippen LogP contribution in [0.4, 0.5) is 0 Å². The molecule has 0 fully saturated rings. The highest BCUT2D eigenvalue weighted by Crippen LogP contribution is 2.24. The lowest BCUT2D eigenvalue weighted by atomic mass is 10.00. The van der Waals surface area contributed by atoms with Crippen molar-refractivity contribution in [3.05, 3.63) is 28.8 Å². The largest absolute Gasteiger partial charge is 0.496 e. The van der Waals surface area contributed by atoms with Gasteiger partial charge in [0.15, 0.2) is 0 Å². The second-order valence-electron chi connectivity index (χ2n) is 3.90. The van der Waals surface area contributed by atoms with Gasteiger partial charge in [-0.15, -0.1) is 0 Å². The number of rotatable bonds is 4. The molecule has 3 N–H and O–H groups in total. The maximum atomic E-state index is 10.7. The van der Waals surface area contributed by atoms with Crippen molar-refractivity contribution in [1.82, 2.24) is 0 Å². The van der Waals surface area contributed by atoms with Gasteiger partial charge < -0.3 is 15.6 Å². The molecule has 0 unspecified atom stereocenters. The molecule has 0 amide bonds. The molecule has 1 aromatic carbocycles. The van der Waals surface area contributed by atoms with Gasteiger partial charge in [0.2, 0.25) is 0 Å². The molecule has 0 aromatic heterocycles. The molecule has 0 aliphatic heterocycles. The summed E-state index contributed by atoms with van der Waals surface area (Å²) in [6.45, 7) is 3.96. The Bertz CT molecular complexity index is 401. The number of aryl methyl sites for hydroxylation is 2. The first-order valence-electron chi connectivity index (χ1n) is 5.08. The number of nitrogens with two attached hydrogens (primary N) is 1. The minimum atomic E-state index is -1.000. The number of carboxylic acid groups (broad SMARTS) is 1. The fourth-order valence-electron chi connectivity index (χ4n) is 1.52. The van der Waals surface area contributed by atoms with Crippen molar-refractivity contribution in [3.63, 3.8) is 0 Å². The van der Waals surface area contributed by atoms with Crippen LogP contribution in [0, 0.1) is 13.8 Å². The molecule has 0 radical (unpaired) electrons. The Morgan fingerprint density at radius 1 is 1.44 bits per heavy atom. The van der Waals surface area contributed by atoms with Gasteiger partial charge in [-0.3, -0.25) is 4.79 Å². The van der Waals surface area contributed by atoms with E-state index in [-0.39, 0.29) is 6.42 Å². The van der Waals surface area contributed by atoms with Gasteiger partial charge in [-0.25, -0.2) is 0 Å². The average molecular weight is 223 g/mol. The van der Waals surface area contributed by atoms with Crippen LogP contribution >= 0.6 is 0 Å². The van der Waals surface area contributed by atoms with Crippen molar-refractivity contribution in [1.29, 1.82) is 0 Å². The molecule has 1 rings (SSSR count). The normalized spacial score (nSPS) is 12.2. The molecule has 0 aliphatic rings. The van der Waals surface area contributed by atoms with Crippen molar-refractivity contribution < 1.29 is 14.6 Å². The molecule has 4 nitrogen and oxygen atoms in total. The molecule has 0 saturated carbocycles. The Kier molecular flexibility index (Phi) is 3.90. The van der Waals surface area contributed by atoms with Crippen LogP contribution in [0.1, 0.15) is 16.7 Å². The van der Waals surface area contributed by atoms with Crippen LogP contribution < -0.4 is 10.5 Å². The van der Waals surface area contributed by atoms with Gasteiger partial charge in [0.1, 0.15) is 11.8 Å². The predicted octanol–water partition coefficient (Wildman–Crippen LogP) is 1.27. The van der Waals surface area contributed by atoms with Gasteiger partial charge >= 0.3 is 5.97 Å². The molecular formula is C12H17NO3. The van der Waals surface area contributed by atoms with E-state index in [1.54, 1.807) is 7.11 Å². The monoisotopic (exact) mass is 223 g/mol. The molecule has 1 aromatic rings. The lowest BCUT2D eigenvalue weighted by Gasteiger charge is -2.13. The van der Waals surface area contributed by atoms with Crippen LogP contribution in [0.15, 0.2) is 12.1 Å². The minimum absolute atomic E-state index is 0.277. The first-order valence-corrected chi connectivity index (χ1v) is 5.08. The van der Waals surface area contributed by atoms with E-state index in [9.17, 15) is 4.79 Å². The van der Waals surface area contributed by atoms with Crippen molar-refractivity contribution in [2.75, 3.05) is 7.11 Å². The van der Waals surface area contributed by atoms with E-state index >= 15 is 0 Å². The summed E-state index contributed by atoms with van der Waals surface area (Å²) in [5.74, 6) is -0.305. The highest BCUT2D eigenvalue weighted by atomic mass is 16.5. The molecular weight excluding hydrogens is 206 g/mol. The molecule has 0 spiro atoms. The Morgan fingerprint density at radius 3 is 2.50 bits per heavy atom. The van der Waals surface area contributed by atoms with Crippen molar-refractivity contribution >= 4 is 5.97 Å². The van der Waals surface area contributed by atoms with Gasteiger partial charge in [-0.05, 0) is 36.6 Å². The van der Waals surface area contributed by atoms with Crippen molar-refractivity contribution in [2.24, 2.45) is 5.73 Å². The van der Waals surface area contributed by atoms with Gasteiger partial charge in [-0.1, -0.05) is 6.07 Å². The standard InChI is InChI=1S/C12H17NO3/c1-7-4-9(6-10(13)12(14)15)11(16-3)5-8(7)2/h4-5,10H,6,13H2,1-3H3,(H,14,15)/t10-/m0/s1. The highest BCUT2D eigenvalue weighted by Gasteiger charge is 2.15. The van der Waals surface area contributed by atoms with Crippen molar-refractivity contribution in [2.45, 2.75) is 26.3 Å². The molecule has 0 bridgehead atoms. The molecule has 0 aliphatic carbocycles. The zero-order chi connectivity index (χ0) is 12.3. The summed E-state index contributed by atoms with van der Waals surface area (Å²) in [4.78, 5) is 10.7. The Labute approximate surface area is 95.0 Å². The summed E-state index contributed by atoms with van der Waals surface area (Å²) >= 11 is 0. The summed E-state index contributed by atoms with van der Waals surface area (Å²) in [5.41, 5.74) is 8.56. The Balaban J connectivity index is 3.03. The fraction of sp³-hybridized carbons (Fsp3) is 0.417. The summed E-state index contributed by atoms with van der Waals surface area (Å²) in [5, 5.41) is 8.76. The van der Waals surface area contributed by atoms with Crippen LogP contribution in [-0.4, -0.2) is 24.2 Å². The van der Waals surface area contributed by atoms with E-state index in [2.05, 4.69) is 0 Å². The smallest absolute Gasteiger partial charge is 0.320 e. The van der Waals surface area contributed by atoms with Crippen molar-refractivity contribution in [3.8, 4) is 5.75 Å². The summed E-state index contributed by atoms with van der Waals surface area (Å²) < 4.78 is 5.21. The highest BCUT2D eigenvalue weighted by molar-refractivity contribution is 5.73. The van der Waals surface area contributed by atoms with Crippen LogP contribution in [-0.2, 0) is 11.2 Å². The zero-order valence-corrected chi connectivity index (χ0v) is 9.78. The molecule has 1 atom stereocenters. The molecule has 0 heterocycles. The van der Waals surface area contributed by atoms with E-state index in [0.29, 0.717) is 5.75 Å². The maximum Gasteiger partial charge on any atom is 0.320 e. The molecule has 88 valence electrons. The lowest BCUT2D eigenvalue weighted by Crippen LogP contribution is -2.32. The second-order valence-corrected chi connectivity index (χ2v) is 3.90. The number of benzene rings is 1. The molecule has 0 saturated heterocycles. The topological polar surface area (TPSA) is 72.5 Å². The SMILES string of the molecule is COc1cc(C)c(C)cc1C[C@H](N)C(=O)O. The molecule has 16 heavy (non-hydrogen) atoms. The van der Waals surface area contributed by atoms with Crippen LogP contribution in [0.3, 0.4) is 0 Å². The first kappa shape index (κ1) is 12.5. The third-order valence-corrected chi connectivity index (χ3v) is 2.65.